The molecule has 0 unspecified atom stereocenters. The summed E-state index contributed by atoms with van der Waals surface area (Å²) >= 11 is 0. The maximum Gasteiger partial charge on any atom is 2.00 e. The summed E-state index contributed by atoms with van der Waals surface area (Å²) in [4.78, 5) is 8.24. The number of nitrogens with zero attached hydrogens (tertiary/aromatic N) is 1. The van der Waals surface area contributed by atoms with E-state index in [1.165, 1.54) is 0 Å². The van der Waals surface area contributed by atoms with Crippen molar-refractivity contribution >= 4 is 16.4 Å². The second kappa shape index (κ2) is 7.77. The van der Waals surface area contributed by atoms with Crippen LogP contribution >= 0.6 is 0 Å². The second-order valence-electron chi connectivity index (χ2n) is 0.584. The monoisotopic (exact) mass is 201 g/mol. The van der Waals surface area contributed by atoms with Crippen molar-refractivity contribution in [2.45, 2.75) is 0 Å². The van der Waals surface area contributed by atoms with Crippen LogP contribution in [-0.4, -0.2) is 19.1 Å². The number of hydrogen-bond acceptors (Lipinski definition) is 4. The molecule has 0 spiro atoms. The predicted molar refractivity (Wildman–Crippen MR) is 22.9 cm³/mol. The van der Waals surface area contributed by atoms with E-state index in [-0.39, 0.29) is 17.1 Å². The van der Waals surface area contributed by atoms with Gasteiger partial charge in [-0.3, -0.25) is 4.79 Å². The molecule has 6 nitrogen and oxygen atoms in total. The van der Waals surface area contributed by atoms with Crippen LogP contribution in [0.3, 0.4) is 0 Å². The van der Waals surface area contributed by atoms with Crippen molar-refractivity contribution in [1.29, 1.82) is 0 Å². The van der Waals surface area contributed by atoms with E-state index in [9.17, 15) is 0 Å². The molecular weight excluding hydrogens is 200 g/mol. The molecule has 57 valence electrons. The van der Waals surface area contributed by atoms with Crippen LogP contribution in [0.5, 0.6) is 0 Å². The Morgan fingerprint density at radius 2 is 1.56 bits per heavy atom. The molecular formula is CH2CuN2O4S. The Bertz CT molecular complexity index is 159. The van der Waals surface area contributed by atoms with E-state index in [1.807, 2.05) is 0 Å². The van der Waals surface area contributed by atoms with Gasteiger partial charge in [-0.05, 0) is 6.08 Å². The van der Waals surface area contributed by atoms with Crippen molar-refractivity contribution in [3.63, 3.8) is 0 Å². The second-order valence-corrected chi connectivity index (χ2v) is 1.57. The van der Waals surface area contributed by atoms with E-state index in [2.05, 4.69) is 5.14 Å². The van der Waals surface area contributed by atoms with Crippen LogP contribution in [0.15, 0.2) is 0 Å². The Morgan fingerprint density at radius 3 is 1.56 bits per heavy atom. The van der Waals surface area contributed by atoms with Crippen molar-refractivity contribution in [3.8, 4) is 0 Å². The van der Waals surface area contributed by atoms with Crippen LogP contribution in [0.2, 0.25) is 0 Å². The van der Waals surface area contributed by atoms with Crippen molar-refractivity contribution in [2.75, 3.05) is 0 Å². The van der Waals surface area contributed by atoms with Gasteiger partial charge in [0.05, 0.1) is 0 Å². The molecule has 0 saturated carbocycles. The summed E-state index contributed by atoms with van der Waals surface area (Å²) < 4.78 is 26.6. The molecule has 0 saturated heterocycles. The van der Waals surface area contributed by atoms with Crippen LogP contribution in [0, 0.1) is 0 Å². The first-order valence-electron chi connectivity index (χ1n) is 1.16. The maximum absolute atomic E-state index is 8.85. The Hall–Kier alpha value is -0.231. The average molecular weight is 202 g/mol. The summed E-state index contributed by atoms with van der Waals surface area (Å²) in [6.45, 7) is 0. The molecule has 0 aliphatic heterocycles. The summed E-state index contributed by atoms with van der Waals surface area (Å²) in [5, 5.41) is 10.5. The largest absolute Gasteiger partial charge is 2.00 e. The topological polar surface area (TPSA) is 123 Å². The van der Waals surface area contributed by atoms with Crippen LogP contribution in [0.25, 0.3) is 5.41 Å². The van der Waals surface area contributed by atoms with Crippen LogP contribution in [0.1, 0.15) is 0 Å². The minimum absolute atomic E-state index is 0. The third-order valence-electron chi connectivity index (χ3n) is 0. The van der Waals surface area contributed by atoms with Crippen molar-refractivity contribution in [1.82, 2.24) is 0 Å². The summed E-state index contributed by atoms with van der Waals surface area (Å²) in [6.07, 6.45) is 0.500. The molecule has 9 heavy (non-hydrogen) atoms. The molecule has 0 aromatic carbocycles. The van der Waals surface area contributed by atoms with Gasteiger partial charge in [0.15, 0.2) is 10.3 Å². The van der Waals surface area contributed by atoms with Crippen molar-refractivity contribution < 1.29 is 34.8 Å². The Balaban J connectivity index is -0.0000000800. The first-order valence-corrected chi connectivity index (χ1v) is 2.63. The fourth-order valence-corrected chi connectivity index (χ4v) is 0. The van der Waals surface area contributed by atoms with Gasteiger partial charge in [-0.2, -0.15) is 0 Å². The summed E-state index contributed by atoms with van der Waals surface area (Å²) in [6, 6.07) is 0. The smallest absolute Gasteiger partial charge is 0.736 e. The van der Waals surface area contributed by atoms with E-state index < -0.39 is 10.3 Å². The minimum atomic E-state index is -4.42. The fraction of sp³-hybridized carbons (Fsp3) is 0. The summed E-state index contributed by atoms with van der Waals surface area (Å²) in [7, 11) is -4.42. The average Bonchev–Trinajstić information content (AvgIpc) is 1.27. The quantitative estimate of drug-likeness (QED) is 0.217. The molecule has 0 heterocycles. The number of nitrogens with two attached hydrogens (primary N) is 1. The van der Waals surface area contributed by atoms with Gasteiger partial charge >= 0.3 is 17.1 Å². The molecule has 1 radical (unpaired) electrons. The van der Waals surface area contributed by atoms with Gasteiger partial charge in [0.1, 0.15) is 0 Å². The molecule has 0 rings (SSSR count). The normalized spacial score (nSPS) is 7.33. The van der Waals surface area contributed by atoms with Gasteiger partial charge in [-0.15, -0.1) is 0 Å². The van der Waals surface area contributed by atoms with E-state index in [0.29, 0.717) is 6.08 Å². The summed E-state index contributed by atoms with van der Waals surface area (Å²) in [5.74, 6) is 0. The van der Waals surface area contributed by atoms with Gasteiger partial charge in [0, 0.05) is 0 Å². The SMILES string of the molecule is NS(=O)(=O)[O-].[Cu+2].[N-]=C=O. The van der Waals surface area contributed by atoms with E-state index in [0.717, 1.165) is 0 Å². The zero-order valence-corrected chi connectivity index (χ0v) is 5.63. The zero-order chi connectivity index (χ0) is 7.21. The standard InChI is InChI=1S/CNO.Cu.H3NO3S/c2-1-3;;1-5(2,3)4/h;;(H3,1,2,3,4)/q-1;+2;/p-1. The third kappa shape index (κ3) is 4870. The Labute approximate surface area is 62.3 Å². The molecule has 2 N–H and O–H groups in total. The molecule has 0 fully saturated rings. The molecule has 0 aromatic rings. The molecule has 0 bridgehead atoms. The molecule has 0 aliphatic carbocycles. The van der Waals surface area contributed by atoms with Crippen LogP contribution in [0.4, 0.5) is 0 Å². The number of hydrogen-bond donors (Lipinski definition) is 1. The zero-order valence-electron chi connectivity index (χ0n) is 3.87. The Morgan fingerprint density at radius 1 is 1.56 bits per heavy atom. The van der Waals surface area contributed by atoms with Crippen LogP contribution < -0.4 is 5.14 Å². The van der Waals surface area contributed by atoms with Crippen molar-refractivity contribution in [2.24, 2.45) is 5.14 Å². The molecule has 0 aromatic heterocycles. The number of isocyanates is 1. The first kappa shape index (κ1) is 15.9. The van der Waals surface area contributed by atoms with Gasteiger partial charge in [-0.25, -0.2) is 13.6 Å². The van der Waals surface area contributed by atoms with Gasteiger partial charge in [-0.1, -0.05) is 0 Å². The van der Waals surface area contributed by atoms with Gasteiger partial charge < -0.3 is 9.96 Å². The van der Waals surface area contributed by atoms with E-state index in [1.54, 1.807) is 0 Å². The first-order chi connectivity index (χ1) is 3.41. The number of rotatable bonds is 0. The molecule has 0 amide bonds. The third-order valence-corrected chi connectivity index (χ3v) is 0. The summed E-state index contributed by atoms with van der Waals surface area (Å²) in [5.41, 5.74) is 0. The van der Waals surface area contributed by atoms with Gasteiger partial charge in [0.2, 0.25) is 0 Å². The van der Waals surface area contributed by atoms with Crippen molar-refractivity contribution in [3.05, 3.63) is 5.41 Å². The maximum atomic E-state index is 8.85. The van der Waals surface area contributed by atoms with E-state index in [4.69, 9.17) is 23.2 Å². The molecule has 0 aliphatic rings. The minimum Gasteiger partial charge on any atom is -0.736 e. The van der Waals surface area contributed by atoms with Crippen LogP contribution in [-0.2, 0) is 32.2 Å². The number of carbonyl (C=O) groups excluding carboxylic acids is 1. The predicted octanol–water partition coefficient (Wildman–Crippen LogP) is -1.71. The Kier molecular flexibility index (Phi) is 13.7. The van der Waals surface area contributed by atoms with Gasteiger partial charge in [0.25, 0.3) is 0 Å². The van der Waals surface area contributed by atoms with E-state index >= 15 is 0 Å². The fourth-order valence-electron chi connectivity index (χ4n) is 0. The molecule has 0 atom stereocenters. The molecule has 8 heteroatoms.